The Balaban J connectivity index is 1.57. The van der Waals surface area contributed by atoms with Gasteiger partial charge in [0, 0.05) is 11.4 Å². The normalized spacial score (nSPS) is 16.4. The van der Waals surface area contributed by atoms with E-state index >= 15 is 0 Å². The van der Waals surface area contributed by atoms with Gasteiger partial charge >= 0.3 is 0 Å². The van der Waals surface area contributed by atoms with E-state index in [1.807, 2.05) is 58.8 Å². The number of hydrogen-bond acceptors (Lipinski definition) is 4. The Morgan fingerprint density at radius 3 is 2.52 bits per heavy atom. The Bertz CT molecular complexity index is 1010. The summed E-state index contributed by atoms with van der Waals surface area (Å²) in [6.07, 6.45) is 0. The van der Waals surface area contributed by atoms with Crippen LogP contribution in [0.5, 0.6) is 0 Å². The first-order valence-electron chi connectivity index (χ1n) is 9.52. The zero-order chi connectivity index (χ0) is 20.4. The molecule has 0 aliphatic carbocycles. The molecule has 0 spiro atoms. The summed E-state index contributed by atoms with van der Waals surface area (Å²) in [5.74, 6) is 0.822. The van der Waals surface area contributed by atoms with Crippen molar-refractivity contribution < 1.29 is 9.59 Å². The van der Waals surface area contributed by atoms with Crippen LogP contribution in [0.3, 0.4) is 0 Å². The van der Waals surface area contributed by atoms with E-state index in [0.29, 0.717) is 16.5 Å². The van der Waals surface area contributed by atoms with Gasteiger partial charge in [-0.15, -0.1) is 23.1 Å². The van der Waals surface area contributed by atoms with E-state index in [9.17, 15) is 9.59 Å². The minimum absolute atomic E-state index is 0.0653. The summed E-state index contributed by atoms with van der Waals surface area (Å²) in [5.41, 5.74) is 3.95. The van der Waals surface area contributed by atoms with Crippen LogP contribution < -0.4 is 10.2 Å². The summed E-state index contributed by atoms with van der Waals surface area (Å²) < 4.78 is 0. The average Bonchev–Trinajstić information content (AvgIpc) is 3.38. The second kappa shape index (κ2) is 8.43. The molecule has 2 aromatic carbocycles. The number of rotatable bonds is 5. The third-order valence-corrected chi connectivity index (χ3v) is 6.97. The second-order valence-corrected chi connectivity index (χ2v) is 9.21. The highest BCUT2D eigenvalue weighted by atomic mass is 32.2. The quantitative estimate of drug-likeness (QED) is 0.557. The molecule has 6 heteroatoms. The SMILES string of the molecule is CC(C)c1ccccc1N1C(=O)CS[C@H]1c1ccc(NC(=O)c2cccs2)cc1. The summed E-state index contributed by atoms with van der Waals surface area (Å²) in [6, 6.07) is 19.6. The standard InChI is InChI=1S/C23H22N2O2S2/c1-15(2)18-6-3-4-7-19(18)25-21(26)14-29-23(25)16-9-11-17(12-10-16)24-22(27)20-8-5-13-28-20/h3-13,15,23H,14H2,1-2H3,(H,24,27)/t23-/m0/s1. The van der Waals surface area contributed by atoms with Gasteiger partial charge < -0.3 is 5.32 Å². The van der Waals surface area contributed by atoms with Crippen LogP contribution in [-0.2, 0) is 4.79 Å². The van der Waals surface area contributed by atoms with Gasteiger partial charge in [0.2, 0.25) is 5.91 Å². The molecule has 0 bridgehead atoms. The molecule has 148 valence electrons. The molecule has 1 aliphatic heterocycles. The highest BCUT2D eigenvalue weighted by Gasteiger charge is 2.35. The number of amides is 2. The Labute approximate surface area is 178 Å². The number of carbonyl (C=O) groups excluding carboxylic acids is 2. The first kappa shape index (κ1) is 19.7. The van der Waals surface area contributed by atoms with Gasteiger partial charge in [0.15, 0.2) is 0 Å². The van der Waals surface area contributed by atoms with Crippen molar-refractivity contribution in [2.75, 3.05) is 16.0 Å². The fraction of sp³-hybridized carbons (Fsp3) is 0.217. The fourth-order valence-corrected chi connectivity index (χ4v) is 5.25. The highest BCUT2D eigenvalue weighted by Crippen LogP contribution is 2.44. The highest BCUT2D eigenvalue weighted by molar-refractivity contribution is 8.00. The molecular weight excluding hydrogens is 400 g/mol. The zero-order valence-electron chi connectivity index (χ0n) is 16.3. The molecule has 0 radical (unpaired) electrons. The van der Waals surface area contributed by atoms with Gasteiger partial charge in [-0.25, -0.2) is 0 Å². The first-order valence-corrected chi connectivity index (χ1v) is 11.4. The van der Waals surface area contributed by atoms with Crippen molar-refractivity contribution in [3.63, 3.8) is 0 Å². The molecule has 1 aromatic heterocycles. The molecule has 1 saturated heterocycles. The van der Waals surface area contributed by atoms with Gasteiger partial charge in [0.25, 0.3) is 5.91 Å². The van der Waals surface area contributed by atoms with Crippen LogP contribution in [0.15, 0.2) is 66.0 Å². The summed E-state index contributed by atoms with van der Waals surface area (Å²) in [7, 11) is 0. The molecule has 0 saturated carbocycles. The number of thiophene rings is 1. The predicted octanol–water partition coefficient (Wildman–Crippen LogP) is 5.90. The lowest BCUT2D eigenvalue weighted by molar-refractivity contribution is -0.115. The van der Waals surface area contributed by atoms with E-state index in [2.05, 4.69) is 25.2 Å². The van der Waals surface area contributed by atoms with Crippen molar-refractivity contribution >= 4 is 46.3 Å². The van der Waals surface area contributed by atoms with Gasteiger partial charge in [-0.1, -0.05) is 50.2 Å². The van der Waals surface area contributed by atoms with Crippen molar-refractivity contribution in [3.05, 3.63) is 82.0 Å². The van der Waals surface area contributed by atoms with E-state index in [1.165, 1.54) is 16.9 Å². The maximum Gasteiger partial charge on any atom is 0.265 e. The van der Waals surface area contributed by atoms with Crippen molar-refractivity contribution in [1.82, 2.24) is 0 Å². The van der Waals surface area contributed by atoms with Gasteiger partial charge in [0.1, 0.15) is 5.37 Å². The van der Waals surface area contributed by atoms with Crippen molar-refractivity contribution in [1.29, 1.82) is 0 Å². The van der Waals surface area contributed by atoms with E-state index in [-0.39, 0.29) is 17.2 Å². The van der Waals surface area contributed by atoms with Gasteiger partial charge in [-0.3, -0.25) is 14.5 Å². The number of anilines is 2. The minimum Gasteiger partial charge on any atom is -0.321 e. The lowest BCUT2D eigenvalue weighted by Crippen LogP contribution is -2.29. The number of benzene rings is 2. The maximum atomic E-state index is 12.7. The van der Waals surface area contributed by atoms with Crippen LogP contribution in [0.25, 0.3) is 0 Å². The molecule has 1 aliphatic rings. The maximum absolute atomic E-state index is 12.7. The largest absolute Gasteiger partial charge is 0.321 e. The number of nitrogens with one attached hydrogen (secondary N) is 1. The van der Waals surface area contributed by atoms with Gasteiger partial charge in [-0.2, -0.15) is 0 Å². The second-order valence-electron chi connectivity index (χ2n) is 7.19. The van der Waals surface area contributed by atoms with E-state index in [4.69, 9.17) is 0 Å². The van der Waals surface area contributed by atoms with Crippen LogP contribution in [-0.4, -0.2) is 17.6 Å². The van der Waals surface area contributed by atoms with E-state index < -0.39 is 0 Å². The molecule has 0 unspecified atom stereocenters. The van der Waals surface area contributed by atoms with Crippen LogP contribution in [0, 0.1) is 0 Å². The van der Waals surface area contributed by atoms with Gasteiger partial charge in [0.05, 0.1) is 10.6 Å². The Morgan fingerprint density at radius 1 is 1.07 bits per heavy atom. The molecular formula is C23H22N2O2S2. The molecule has 4 rings (SSSR count). The monoisotopic (exact) mass is 422 g/mol. The number of hydrogen-bond donors (Lipinski definition) is 1. The Morgan fingerprint density at radius 2 is 1.83 bits per heavy atom. The molecule has 1 fully saturated rings. The number of para-hydroxylation sites is 1. The summed E-state index contributed by atoms with van der Waals surface area (Å²) in [6.45, 7) is 4.29. The summed E-state index contributed by atoms with van der Waals surface area (Å²) in [4.78, 5) is 27.6. The van der Waals surface area contributed by atoms with E-state index in [1.54, 1.807) is 17.8 Å². The van der Waals surface area contributed by atoms with Crippen molar-refractivity contribution in [2.24, 2.45) is 0 Å². The minimum atomic E-state index is -0.106. The lowest BCUT2D eigenvalue weighted by Gasteiger charge is -2.27. The molecule has 1 atom stereocenters. The third kappa shape index (κ3) is 4.09. The van der Waals surface area contributed by atoms with Crippen LogP contribution in [0.1, 0.15) is 45.9 Å². The molecule has 2 amide bonds. The number of nitrogens with zero attached hydrogens (tertiary/aromatic N) is 1. The third-order valence-electron chi connectivity index (χ3n) is 4.88. The first-order chi connectivity index (χ1) is 14.0. The molecule has 2 heterocycles. The van der Waals surface area contributed by atoms with Crippen LogP contribution >= 0.6 is 23.1 Å². The van der Waals surface area contributed by atoms with E-state index in [0.717, 1.165) is 16.9 Å². The van der Waals surface area contributed by atoms with Gasteiger partial charge in [-0.05, 0) is 46.7 Å². The molecule has 29 heavy (non-hydrogen) atoms. The number of thioether (sulfide) groups is 1. The average molecular weight is 423 g/mol. The van der Waals surface area contributed by atoms with Crippen LogP contribution in [0.4, 0.5) is 11.4 Å². The summed E-state index contributed by atoms with van der Waals surface area (Å²) >= 11 is 3.05. The van der Waals surface area contributed by atoms with Crippen molar-refractivity contribution in [3.8, 4) is 0 Å². The molecule has 4 nitrogen and oxygen atoms in total. The number of carbonyl (C=O) groups is 2. The molecule has 3 aromatic rings. The van der Waals surface area contributed by atoms with Crippen LogP contribution in [0.2, 0.25) is 0 Å². The molecule has 1 N–H and O–H groups in total. The Kier molecular flexibility index (Phi) is 5.74. The zero-order valence-corrected chi connectivity index (χ0v) is 17.9. The predicted molar refractivity (Wildman–Crippen MR) is 122 cm³/mol. The fourth-order valence-electron chi connectivity index (χ4n) is 3.46. The summed E-state index contributed by atoms with van der Waals surface area (Å²) in [5, 5.41) is 4.74. The topological polar surface area (TPSA) is 49.4 Å². The lowest BCUT2D eigenvalue weighted by atomic mass is 10.00. The smallest absolute Gasteiger partial charge is 0.265 e. The Hall–Kier alpha value is -2.57. The van der Waals surface area contributed by atoms with Crippen molar-refractivity contribution in [2.45, 2.75) is 25.1 Å².